The quantitative estimate of drug-likeness (QED) is 0.0832. The fraction of sp³-hybridized carbons (Fsp3) is 0.0690. The highest BCUT2D eigenvalue weighted by Crippen LogP contribution is 2.12. The number of allylic oxidation sites excluding steroid dienone is 2. The van der Waals surface area contributed by atoms with Crippen molar-refractivity contribution in [1.29, 1.82) is 26.3 Å². The molecule has 0 aliphatic heterocycles. The number of nitrogens with zero attached hydrogens (tertiary/aromatic N) is 5. The summed E-state index contributed by atoms with van der Waals surface area (Å²) in [5.41, 5.74) is 8.72. The zero-order valence-corrected chi connectivity index (χ0v) is 37.6. The molecule has 0 aliphatic carbocycles. The molecule has 0 fully saturated rings. The first-order valence-electron chi connectivity index (χ1n) is 20.1. The molecule has 8 nitrogen and oxygen atoms in total. The van der Waals surface area contributed by atoms with Gasteiger partial charge in [0.1, 0.15) is 52.8 Å². The molecule has 66 heavy (non-hydrogen) atoms. The molecule has 0 spiro atoms. The van der Waals surface area contributed by atoms with Crippen LogP contribution in [0, 0.1) is 70.5 Å². The third-order valence-corrected chi connectivity index (χ3v) is 8.32. The number of esters is 1. The Kier molecular flexibility index (Phi) is 28.2. The van der Waals surface area contributed by atoms with Gasteiger partial charge < -0.3 is 9.47 Å². The number of rotatable bonds is 8. The van der Waals surface area contributed by atoms with Gasteiger partial charge in [0, 0.05) is 0 Å². The van der Waals surface area contributed by atoms with E-state index >= 15 is 0 Å². The summed E-state index contributed by atoms with van der Waals surface area (Å²) in [6.07, 6.45) is 10.1. The fourth-order valence-corrected chi connectivity index (χ4v) is 4.72. The number of carbonyl (C=O) groups is 1. The van der Waals surface area contributed by atoms with Crippen LogP contribution in [0.5, 0.6) is 5.75 Å². The van der Waals surface area contributed by atoms with Crippen molar-refractivity contribution in [1.82, 2.24) is 0 Å². The predicted molar refractivity (Wildman–Crippen MR) is 269 cm³/mol. The molecular formula is C58H51N5O3. The molecule has 0 aromatic heterocycles. The van der Waals surface area contributed by atoms with Crippen LogP contribution in [-0.2, 0) is 9.53 Å². The van der Waals surface area contributed by atoms with Crippen LogP contribution in [0.25, 0.3) is 36.5 Å². The first-order chi connectivity index (χ1) is 32.0. The van der Waals surface area contributed by atoms with E-state index in [-0.39, 0.29) is 16.7 Å². The summed E-state index contributed by atoms with van der Waals surface area (Å²) in [5.74, 6) is 0.266. The highest BCUT2D eigenvalue weighted by molar-refractivity contribution is 5.97. The Morgan fingerprint density at radius 1 is 0.424 bits per heavy atom. The van der Waals surface area contributed by atoms with Gasteiger partial charge in [-0.15, -0.1) is 0 Å². The Morgan fingerprint density at radius 2 is 0.727 bits per heavy atom. The van der Waals surface area contributed by atoms with Crippen molar-refractivity contribution < 1.29 is 14.3 Å². The second-order valence-electron chi connectivity index (χ2n) is 13.2. The van der Waals surface area contributed by atoms with E-state index in [4.69, 9.17) is 31.0 Å². The number of hydrogen-bond donors (Lipinski definition) is 0. The number of methoxy groups -OCH3 is 2. The summed E-state index contributed by atoms with van der Waals surface area (Å²) in [5, 5.41) is 42.6. The molecule has 0 unspecified atom stereocenters. The Hall–Kier alpha value is -9.52. The predicted octanol–water partition coefficient (Wildman–Crippen LogP) is 13.6. The van der Waals surface area contributed by atoms with Gasteiger partial charge in [0.15, 0.2) is 0 Å². The maximum Gasteiger partial charge on any atom is 0.348 e. The van der Waals surface area contributed by atoms with Gasteiger partial charge in [-0.05, 0) is 77.6 Å². The van der Waals surface area contributed by atoms with Crippen molar-refractivity contribution in [3.8, 4) is 36.1 Å². The van der Waals surface area contributed by atoms with E-state index in [2.05, 4.69) is 55.7 Å². The van der Waals surface area contributed by atoms with Crippen LogP contribution in [0.2, 0.25) is 0 Å². The van der Waals surface area contributed by atoms with Gasteiger partial charge in [-0.1, -0.05) is 201 Å². The van der Waals surface area contributed by atoms with Gasteiger partial charge in [-0.3, -0.25) is 0 Å². The Morgan fingerprint density at radius 3 is 1.03 bits per heavy atom. The molecule has 0 amide bonds. The summed E-state index contributed by atoms with van der Waals surface area (Å²) in [4.78, 5) is 11.0. The van der Waals surface area contributed by atoms with E-state index in [0.717, 1.165) is 33.6 Å². The smallest absolute Gasteiger partial charge is 0.348 e. The molecule has 0 heterocycles. The lowest BCUT2D eigenvalue weighted by Gasteiger charge is -1.97. The summed E-state index contributed by atoms with van der Waals surface area (Å²) >= 11 is 0. The highest BCUT2D eigenvalue weighted by Gasteiger charge is 2.07. The van der Waals surface area contributed by atoms with Crippen molar-refractivity contribution >= 4 is 42.4 Å². The highest BCUT2D eigenvalue weighted by atomic mass is 16.5. The van der Waals surface area contributed by atoms with E-state index in [1.54, 1.807) is 55.7 Å². The lowest BCUT2D eigenvalue weighted by molar-refractivity contribution is -0.135. The van der Waals surface area contributed by atoms with Crippen molar-refractivity contribution in [2.24, 2.45) is 0 Å². The standard InChI is InChI=1S/C11H8N2.C11H9NO2.C10H6N2.C9H10O.C9H10.C8H8/c1-9-2-4-10(5-3-9)6-11(7-12)8-13;1-14-11(13)10(8-12)7-9-5-3-2-4-6-9;11-7-10(8-12)6-9-4-2-1-3-5-9;1-3-8-4-6-9(10-2)7-5-8;1-3-9-6-4-8(2)5-7-9;1-2-8-6-4-3-5-7-8/h2-6H,1H3;2-7H,1H3;1-6H;3-7H,1H2,2H3;3-7H,1H2,2H3;2-7H,1H2/b;10-7+;;;;. The average molecular weight is 866 g/mol. The molecule has 6 aromatic rings. The van der Waals surface area contributed by atoms with Gasteiger partial charge in [0.2, 0.25) is 0 Å². The number of ether oxygens (including phenoxy) is 2. The van der Waals surface area contributed by atoms with E-state index < -0.39 is 5.97 Å². The maximum atomic E-state index is 11.0. The van der Waals surface area contributed by atoms with Crippen molar-refractivity contribution in [2.45, 2.75) is 13.8 Å². The van der Waals surface area contributed by atoms with Gasteiger partial charge in [-0.25, -0.2) is 4.79 Å². The van der Waals surface area contributed by atoms with E-state index in [1.165, 1.54) is 29.9 Å². The Balaban J connectivity index is 0.000000400. The molecule has 0 saturated heterocycles. The number of carbonyl (C=O) groups excluding carboxylic acids is 1. The third kappa shape index (κ3) is 24.1. The van der Waals surface area contributed by atoms with Crippen LogP contribution in [0.15, 0.2) is 200 Å². The minimum absolute atomic E-state index is 0.00120. The molecule has 0 atom stereocenters. The molecule has 0 saturated carbocycles. The lowest BCUT2D eigenvalue weighted by atomic mass is 10.1. The molecule has 6 aromatic carbocycles. The number of aryl methyl sites for hydroxylation is 2. The minimum Gasteiger partial charge on any atom is -0.497 e. The maximum absolute atomic E-state index is 11.0. The molecule has 0 aliphatic rings. The third-order valence-electron chi connectivity index (χ3n) is 8.32. The van der Waals surface area contributed by atoms with Crippen LogP contribution in [-0.4, -0.2) is 20.2 Å². The Bertz CT molecular complexity index is 2670. The van der Waals surface area contributed by atoms with Crippen LogP contribution in [0.4, 0.5) is 0 Å². The molecule has 8 heteroatoms. The fourth-order valence-electron chi connectivity index (χ4n) is 4.72. The minimum atomic E-state index is -0.614. The van der Waals surface area contributed by atoms with Crippen LogP contribution in [0.3, 0.4) is 0 Å². The van der Waals surface area contributed by atoms with Crippen LogP contribution >= 0.6 is 0 Å². The molecule has 0 radical (unpaired) electrons. The first-order valence-corrected chi connectivity index (χ1v) is 20.1. The zero-order valence-electron chi connectivity index (χ0n) is 37.6. The zero-order chi connectivity index (χ0) is 48.8. The molecule has 0 bridgehead atoms. The molecular weight excluding hydrogens is 815 g/mol. The first kappa shape index (κ1) is 54.5. The van der Waals surface area contributed by atoms with E-state index in [0.29, 0.717) is 0 Å². The average Bonchev–Trinajstić information content (AvgIpc) is 3.38. The monoisotopic (exact) mass is 865 g/mol. The second-order valence-corrected chi connectivity index (χ2v) is 13.2. The van der Waals surface area contributed by atoms with Gasteiger partial charge in [0.25, 0.3) is 0 Å². The molecule has 6 rings (SSSR count). The summed E-state index contributed by atoms with van der Waals surface area (Å²) in [7, 11) is 2.90. The van der Waals surface area contributed by atoms with Crippen LogP contribution < -0.4 is 4.74 Å². The van der Waals surface area contributed by atoms with Crippen molar-refractivity contribution in [2.75, 3.05) is 14.2 Å². The summed E-state index contributed by atoms with van der Waals surface area (Å²) < 4.78 is 9.43. The molecule has 0 N–H and O–H groups in total. The summed E-state index contributed by atoms with van der Waals surface area (Å²) in [6.45, 7) is 15.0. The summed E-state index contributed by atoms with van der Waals surface area (Å²) in [6, 6.07) is 61.1. The topological polar surface area (TPSA) is 154 Å². The van der Waals surface area contributed by atoms with Crippen LogP contribution in [0.1, 0.15) is 44.5 Å². The Labute approximate surface area is 390 Å². The lowest BCUT2D eigenvalue weighted by Crippen LogP contribution is -2.02. The number of benzene rings is 6. The van der Waals surface area contributed by atoms with E-state index in [9.17, 15) is 4.79 Å². The van der Waals surface area contributed by atoms with Crippen molar-refractivity contribution in [3.05, 3.63) is 245 Å². The van der Waals surface area contributed by atoms with Crippen molar-refractivity contribution in [3.63, 3.8) is 0 Å². The normalized spacial score (nSPS) is 8.86. The molecule has 326 valence electrons. The number of nitriles is 5. The van der Waals surface area contributed by atoms with Gasteiger partial charge in [-0.2, -0.15) is 26.3 Å². The van der Waals surface area contributed by atoms with Gasteiger partial charge >= 0.3 is 5.97 Å². The van der Waals surface area contributed by atoms with E-state index in [1.807, 2.05) is 159 Å². The largest absolute Gasteiger partial charge is 0.497 e. The SMILES string of the molecule is C=Cc1ccc(C)cc1.C=Cc1ccc(OC)cc1.C=Cc1ccccc1.COC(=O)/C(C#N)=C/c1ccccc1.Cc1ccc(C=C(C#N)C#N)cc1.N#CC(C#N)=Cc1ccccc1. The van der Waals surface area contributed by atoms with Gasteiger partial charge in [0.05, 0.1) is 14.2 Å². The number of hydrogen-bond acceptors (Lipinski definition) is 8. The second kappa shape index (κ2) is 34.1.